The van der Waals surface area contributed by atoms with Gasteiger partial charge in [0.1, 0.15) is 5.75 Å². The average Bonchev–Trinajstić information content (AvgIpc) is 2.20. The molecule has 14 heavy (non-hydrogen) atoms. The van der Waals surface area contributed by atoms with Gasteiger partial charge in [0.05, 0.1) is 0 Å². The van der Waals surface area contributed by atoms with Crippen LogP contribution in [0.25, 0.3) is 11.1 Å². The van der Waals surface area contributed by atoms with Crippen molar-refractivity contribution < 1.29 is 5.11 Å². The normalized spacial score (nSPS) is 10.1. The van der Waals surface area contributed by atoms with Gasteiger partial charge in [-0.3, -0.25) is 0 Å². The van der Waals surface area contributed by atoms with Crippen molar-refractivity contribution in [3.63, 3.8) is 0 Å². The van der Waals surface area contributed by atoms with Crippen LogP contribution in [-0.2, 0) is 0 Å². The second-order valence-corrected chi connectivity index (χ2v) is 3.33. The maximum Gasteiger partial charge on any atom is 0.123 e. The van der Waals surface area contributed by atoms with Crippen molar-refractivity contribution in [3.8, 4) is 16.9 Å². The van der Waals surface area contributed by atoms with Crippen molar-refractivity contribution in [1.29, 1.82) is 0 Å². The van der Waals surface area contributed by atoms with Crippen molar-refractivity contribution in [1.82, 2.24) is 0 Å². The van der Waals surface area contributed by atoms with E-state index < -0.39 is 0 Å². The predicted octanol–water partition coefficient (Wildman–Crippen LogP) is 3.37. The van der Waals surface area contributed by atoms with Crippen LogP contribution in [0.4, 0.5) is 0 Å². The third-order valence-corrected chi connectivity index (χ3v) is 2.34. The molecule has 0 aliphatic carbocycles. The first-order chi connectivity index (χ1) is 6.79. The first-order valence-electron chi connectivity index (χ1n) is 4.63. The number of aryl methyl sites for hydroxylation is 1. The summed E-state index contributed by atoms with van der Waals surface area (Å²) in [6.07, 6.45) is 0. The van der Waals surface area contributed by atoms with E-state index in [0.29, 0.717) is 5.75 Å². The molecule has 70 valence electrons. The molecule has 0 fully saturated rings. The van der Waals surface area contributed by atoms with E-state index in [1.165, 1.54) is 5.56 Å². The van der Waals surface area contributed by atoms with E-state index in [-0.39, 0.29) is 0 Å². The summed E-state index contributed by atoms with van der Waals surface area (Å²) in [5.41, 5.74) is 3.16. The number of hydrogen-bond donors (Lipinski definition) is 1. The lowest BCUT2D eigenvalue weighted by atomic mass is 10.0. The Kier molecular flexibility index (Phi) is 2.23. The van der Waals surface area contributed by atoms with E-state index in [1.807, 2.05) is 49.4 Å². The molecule has 0 saturated carbocycles. The minimum absolute atomic E-state index is 0.335. The molecule has 1 N–H and O–H groups in total. The molecule has 1 heteroatoms. The van der Waals surface area contributed by atoms with Crippen LogP contribution in [0.1, 0.15) is 5.56 Å². The van der Waals surface area contributed by atoms with Crippen LogP contribution < -0.4 is 0 Å². The van der Waals surface area contributed by atoms with Crippen molar-refractivity contribution in [2.45, 2.75) is 6.92 Å². The van der Waals surface area contributed by atoms with E-state index in [4.69, 9.17) is 0 Å². The van der Waals surface area contributed by atoms with Crippen molar-refractivity contribution >= 4 is 0 Å². The summed E-state index contributed by atoms with van der Waals surface area (Å²) in [5, 5.41) is 9.69. The van der Waals surface area contributed by atoms with Crippen LogP contribution in [0.2, 0.25) is 0 Å². The van der Waals surface area contributed by atoms with Crippen LogP contribution in [0, 0.1) is 6.92 Å². The lowest BCUT2D eigenvalue weighted by molar-refractivity contribution is 0.477. The number of hydrogen-bond acceptors (Lipinski definition) is 1. The van der Waals surface area contributed by atoms with E-state index >= 15 is 0 Å². The summed E-state index contributed by atoms with van der Waals surface area (Å²) in [4.78, 5) is 0. The largest absolute Gasteiger partial charge is 0.507 e. The van der Waals surface area contributed by atoms with Crippen molar-refractivity contribution in [3.05, 3.63) is 54.1 Å². The fraction of sp³-hybridized carbons (Fsp3) is 0.0769. The molecule has 0 bridgehead atoms. The Morgan fingerprint density at radius 3 is 2.00 bits per heavy atom. The molecule has 0 heterocycles. The minimum Gasteiger partial charge on any atom is -0.507 e. The van der Waals surface area contributed by atoms with Gasteiger partial charge in [-0.15, -0.1) is 0 Å². The Labute approximate surface area is 83.6 Å². The predicted molar refractivity (Wildman–Crippen MR) is 58.3 cm³/mol. The van der Waals surface area contributed by atoms with E-state index in [0.717, 1.165) is 11.1 Å². The van der Waals surface area contributed by atoms with Gasteiger partial charge in [-0.05, 0) is 24.1 Å². The summed E-state index contributed by atoms with van der Waals surface area (Å²) in [6, 6.07) is 15.4. The lowest BCUT2D eigenvalue weighted by Gasteiger charge is -2.06. The van der Waals surface area contributed by atoms with Gasteiger partial charge in [-0.2, -0.15) is 0 Å². The molecule has 0 spiro atoms. The van der Waals surface area contributed by atoms with E-state index in [2.05, 4.69) is 0 Å². The molecule has 2 rings (SSSR count). The highest BCUT2D eigenvalue weighted by Crippen LogP contribution is 2.30. The van der Waals surface area contributed by atoms with Crippen LogP contribution >= 0.6 is 0 Å². The Morgan fingerprint density at radius 1 is 0.786 bits per heavy atom. The SMILES string of the molecule is Cc1ccccc1-c1ccccc1O. The summed E-state index contributed by atoms with van der Waals surface area (Å²) >= 11 is 0. The zero-order valence-corrected chi connectivity index (χ0v) is 8.07. The standard InChI is InChI=1S/C13H12O/c1-10-6-2-3-7-11(10)12-8-4-5-9-13(12)14/h2-9,14H,1H3. The fourth-order valence-electron chi connectivity index (χ4n) is 1.58. The van der Waals surface area contributed by atoms with Crippen LogP contribution in [-0.4, -0.2) is 5.11 Å². The molecular formula is C13H12O. The summed E-state index contributed by atoms with van der Waals surface area (Å²) in [6.45, 7) is 2.04. The second kappa shape index (κ2) is 3.54. The molecule has 0 radical (unpaired) electrons. The molecule has 0 saturated heterocycles. The minimum atomic E-state index is 0.335. The zero-order valence-electron chi connectivity index (χ0n) is 8.07. The zero-order chi connectivity index (χ0) is 9.97. The Bertz CT molecular complexity index is 403. The van der Waals surface area contributed by atoms with Gasteiger partial charge in [-0.1, -0.05) is 42.5 Å². The average molecular weight is 184 g/mol. The van der Waals surface area contributed by atoms with Crippen LogP contribution in [0.15, 0.2) is 48.5 Å². The number of rotatable bonds is 1. The quantitative estimate of drug-likeness (QED) is 0.720. The van der Waals surface area contributed by atoms with Gasteiger partial charge in [0, 0.05) is 5.56 Å². The smallest absolute Gasteiger partial charge is 0.123 e. The second-order valence-electron chi connectivity index (χ2n) is 3.33. The molecule has 0 aliphatic rings. The van der Waals surface area contributed by atoms with Crippen molar-refractivity contribution in [2.75, 3.05) is 0 Å². The summed E-state index contributed by atoms with van der Waals surface area (Å²) in [5.74, 6) is 0.335. The monoisotopic (exact) mass is 184 g/mol. The molecule has 2 aromatic carbocycles. The van der Waals surface area contributed by atoms with Gasteiger partial charge in [0.25, 0.3) is 0 Å². The Hall–Kier alpha value is -1.76. The number of para-hydroxylation sites is 1. The summed E-state index contributed by atoms with van der Waals surface area (Å²) < 4.78 is 0. The Balaban J connectivity index is 2.61. The highest BCUT2D eigenvalue weighted by Gasteiger charge is 2.04. The maximum atomic E-state index is 9.69. The number of phenolic OH excluding ortho intramolecular Hbond substituents is 1. The van der Waals surface area contributed by atoms with Crippen LogP contribution in [0.3, 0.4) is 0 Å². The summed E-state index contributed by atoms with van der Waals surface area (Å²) in [7, 11) is 0. The fourth-order valence-corrected chi connectivity index (χ4v) is 1.58. The van der Waals surface area contributed by atoms with Gasteiger partial charge in [-0.25, -0.2) is 0 Å². The van der Waals surface area contributed by atoms with Crippen LogP contribution in [0.5, 0.6) is 5.75 Å². The third kappa shape index (κ3) is 1.49. The van der Waals surface area contributed by atoms with E-state index in [9.17, 15) is 5.11 Å². The number of benzene rings is 2. The molecule has 0 unspecified atom stereocenters. The van der Waals surface area contributed by atoms with E-state index in [1.54, 1.807) is 6.07 Å². The van der Waals surface area contributed by atoms with Gasteiger partial charge in [0.15, 0.2) is 0 Å². The molecule has 0 amide bonds. The lowest BCUT2D eigenvalue weighted by Crippen LogP contribution is -1.82. The van der Waals surface area contributed by atoms with Gasteiger partial charge >= 0.3 is 0 Å². The molecule has 0 aromatic heterocycles. The first-order valence-corrected chi connectivity index (χ1v) is 4.63. The topological polar surface area (TPSA) is 20.2 Å². The van der Waals surface area contributed by atoms with Crippen molar-refractivity contribution in [2.24, 2.45) is 0 Å². The third-order valence-electron chi connectivity index (χ3n) is 2.34. The maximum absolute atomic E-state index is 9.69. The highest BCUT2D eigenvalue weighted by atomic mass is 16.3. The van der Waals surface area contributed by atoms with Gasteiger partial charge in [0.2, 0.25) is 0 Å². The first kappa shape index (κ1) is 8.82. The molecule has 1 nitrogen and oxygen atoms in total. The molecule has 0 atom stereocenters. The number of phenols is 1. The molecular weight excluding hydrogens is 172 g/mol. The number of aromatic hydroxyl groups is 1. The highest BCUT2D eigenvalue weighted by molar-refractivity contribution is 5.72. The Morgan fingerprint density at radius 2 is 1.36 bits per heavy atom. The molecule has 2 aromatic rings. The van der Waals surface area contributed by atoms with Gasteiger partial charge < -0.3 is 5.11 Å². The molecule has 0 aliphatic heterocycles.